The number of aromatic nitrogens is 2. The lowest BCUT2D eigenvalue weighted by Gasteiger charge is -2.41. The molecule has 1 atom stereocenters. The molecule has 17 rings (SSSR count). The molecule has 0 aliphatic carbocycles. The predicted molar refractivity (Wildman–Crippen MR) is 259 cm³/mol. The highest BCUT2D eigenvalue weighted by molar-refractivity contribution is 9.10. The van der Waals surface area contributed by atoms with Gasteiger partial charge in [0.15, 0.2) is 5.71 Å². The number of fused-ring (bicyclic) bond motifs is 16. The van der Waals surface area contributed by atoms with Crippen molar-refractivity contribution < 1.29 is 9.15 Å². The van der Waals surface area contributed by atoms with Gasteiger partial charge in [-0.25, -0.2) is 4.57 Å². The van der Waals surface area contributed by atoms with E-state index in [0.717, 1.165) is 105 Å². The first-order valence-electron chi connectivity index (χ1n) is 21.7. The van der Waals surface area contributed by atoms with Crippen LogP contribution in [0, 0.1) is 0 Å². The first-order chi connectivity index (χ1) is 31.6. The van der Waals surface area contributed by atoms with Crippen molar-refractivity contribution in [3.63, 3.8) is 0 Å². The van der Waals surface area contributed by atoms with Crippen LogP contribution in [-0.2, 0) is 5.91 Å². The van der Waals surface area contributed by atoms with Crippen molar-refractivity contribution in [2.24, 2.45) is 15.0 Å². The molecule has 0 radical (unpaired) electrons. The molecule has 292 valence electrons. The minimum atomic E-state index is -1.10. The number of hydrogen-bond donors (Lipinski definition) is 0. The van der Waals surface area contributed by atoms with Gasteiger partial charge in [-0.05, 0) is 114 Å². The summed E-state index contributed by atoms with van der Waals surface area (Å²) in [6, 6.07) is 62.5. The van der Waals surface area contributed by atoms with Crippen LogP contribution >= 0.6 is 15.9 Å². The lowest BCUT2D eigenvalue weighted by atomic mass is 9.91. The Labute approximate surface area is 371 Å². The van der Waals surface area contributed by atoms with Crippen molar-refractivity contribution in [2.45, 2.75) is 5.91 Å². The van der Waals surface area contributed by atoms with Crippen molar-refractivity contribution in [1.82, 2.24) is 9.13 Å². The molecule has 6 aliphatic heterocycles. The van der Waals surface area contributed by atoms with E-state index < -0.39 is 5.91 Å². The van der Waals surface area contributed by atoms with Gasteiger partial charge < -0.3 is 0 Å². The first-order valence-corrected chi connectivity index (χ1v) is 22.5. The molecule has 64 heavy (non-hydrogen) atoms. The SMILES string of the molecule is Brc1ccc(C2=c3c4cc5ccccc5cc4c4n3C35n6c(c7cc8ccccc8cc7c6N=C6c7cc8ccccc8cc7C2=[N+]63)N=C2c3cc6ccccc6cc3C(=[N+]25)N=4)cc1. The Kier molecular flexibility index (Phi) is 5.48. The second kappa shape index (κ2) is 10.7. The summed E-state index contributed by atoms with van der Waals surface area (Å²) in [5.41, 5.74) is 8.72. The molecule has 0 amide bonds. The lowest BCUT2D eigenvalue weighted by molar-refractivity contribution is -0.789. The fourth-order valence-electron chi connectivity index (χ4n) is 12.0. The van der Waals surface area contributed by atoms with Crippen LogP contribution in [0.4, 0.5) is 11.6 Å². The largest absolute Gasteiger partial charge is 0.423 e. The van der Waals surface area contributed by atoms with Gasteiger partial charge in [0.05, 0.1) is 33.0 Å². The second-order valence-corrected chi connectivity index (χ2v) is 18.7. The van der Waals surface area contributed by atoms with Crippen molar-refractivity contribution in [2.75, 3.05) is 0 Å². The van der Waals surface area contributed by atoms with Gasteiger partial charge in [-0.3, -0.25) is 0 Å². The zero-order valence-corrected chi connectivity index (χ0v) is 35.3. The number of halogens is 1. The van der Waals surface area contributed by atoms with Crippen LogP contribution in [0.2, 0.25) is 0 Å². The average Bonchev–Trinajstić information content (AvgIpc) is 4.03. The standard InChI is InChI=1S/C56H28BrN7/c57-38-19-17-29(18-20-38)47-48-39-21-30-9-1-3-11-32(30)23-41(39)50-58-52-43-25-34-13-5-7-15-36(34)27-45(43)54-60-55-46-28-37-16-8-6-14-35(37)26-44(46)53-59-51-42-24-33-12-4-2-10-31(33)22-40(42)49(47)62(51)56(61(48)50,63(52)54)64(53)55/h1-28H/q+2. The fraction of sp³-hybridized carbons (Fsp3) is 0.0179. The van der Waals surface area contributed by atoms with Crippen LogP contribution in [0.1, 0.15) is 27.8 Å². The summed E-state index contributed by atoms with van der Waals surface area (Å²) in [7, 11) is 0. The summed E-state index contributed by atoms with van der Waals surface area (Å²) in [5, 5.41) is 15.0. The molecule has 0 fully saturated rings. The van der Waals surface area contributed by atoms with E-state index >= 15 is 0 Å². The van der Waals surface area contributed by atoms with Crippen LogP contribution in [0.3, 0.4) is 0 Å². The molecule has 8 heteroatoms. The van der Waals surface area contributed by atoms with E-state index in [1.807, 2.05) is 0 Å². The molecule has 0 bridgehead atoms. The topological polar surface area (TPSA) is 53.0 Å². The van der Waals surface area contributed by atoms with E-state index in [0.29, 0.717) is 0 Å². The maximum absolute atomic E-state index is 5.90. The number of rotatable bonds is 1. The molecule has 9 aromatic carbocycles. The smallest absolute Gasteiger partial charge is 0.216 e. The van der Waals surface area contributed by atoms with Gasteiger partial charge in [0, 0.05) is 26.2 Å². The summed E-state index contributed by atoms with van der Waals surface area (Å²) in [6.07, 6.45) is 0. The normalized spacial score (nSPS) is 18.0. The van der Waals surface area contributed by atoms with Crippen LogP contribution in [0.15, 0.2) is 189 Å². The van der Waals surface area contributed by atoms with Gasteiger partial charge in [-0.1, -0.05) is 135 Å². The van der Waals surface area contributed by atoms with E-state index in [-0.39, 0.29) is 0 Å². The van der Waals surface area contributed by atoms with E-state index in [4.69, 9.17) is 15.0 Å². The molecule has 0 N–H and O–H groups in total. The Bertz CT molecular complexity index is 4430. The van der Waals surface area contributed by atoms with E-state index in [1.54, 1.807) is 0 Å². The Morgan fingerprint density at radius 1 is 0.422 bits per heavy atom. The number of hydrogen-bond acceptors (Lipinski definition) is 3. The quantitative estimate of drug-likeness (QED) is 0.148. The fourth-order valence-corrected chi connectivity index (χ4v) is 12.3. The maximum Gasteiger partial charge on any atom is 0.423 e. The summed E-state index contributed by atoms with van der Waals surface area (Å²) >= 11 is 3.78. The molecule has 7 nitrogen and oxygen atoms in total. The molecule has 2 aromatic heterocycles. The predicted octanol–water partition coefficient (Wildman–Crippen LogP) is 10.7. The molecule has 11 aromatic rings. The van der Waals surface area contributed by atoms with E-state index in [1.165, 1.54) is 43.1 Å². The van der Waals surface area contributed by atoms with Crippen molar-refractivity contribution in [3.8, 4) is 0 Å². The first kappa shape index (κ1) is 32.6. The third-order valence-corrected chi connectivity index (χ3v) is 15.2. The zero-order valence-electron chi connectivity index (χ0n) is 33.7. The molecular weight excluding hydrogens is 851 g/mol. The lowest BCUT2D eigenvalue weighted by Crippen LogP contribution is -2.72. The van der Waals surface area contributed by atoms with E-state index in [9.17, 15) is 0 Å². The summed E-state index contributed by atoms with van der Waals surface area (Å²) in [4.78, 5) is 17.6. The molecule has 0 saturated heterocycles. The molecule has 8 heterocycles. The molecule has 1 spiro atoms. The number of amidine groups is 3. The minimum absolute atomic E-state index is 0.888. The van der Waals surface area contributed by atoms with Crippen LogP contribution in [0.25, 0.3) is 70.2 Å². The van der Waals surface area contributed by atoms with Gasteiger partial charge >= 0.3 is 11.7 Å². The molecule has 0 saturated carbocycles. The van der Waals surface area contributed by atoms with Crippen LogP contribution in [-0.4, -0.2) is 41.5 Å². The Morgan fingerprint density at radius 3 is 1.44 bits per heavy atom. The Morgan fingerprint density at radius 2 is 0.875 bits per heavy atom. The monoisotopic (exact) mass is 877 g/mol. The Hall–Kier alpha value is -8.07. The van der Waals surface area contributed by atoms with E-state index in [2.05, 4.69) is 204 Å². The summed E-state index contributed by atoms with van der Waals surface area (Å²) in [6.45, 7) is 0. The number of nitrogens with zero attached hydrogens (tertiary/aromatic N) is 7. The Balaban J connectivity index is 1.19. The third-order valence-electron chi connectivity index (χ3n) is 14.7. The zero-order chi connectivity index (χ0) is 41.3. The maximum atomic E-state index is 5.90. The van der Waals surface area contributed by atoms with Gasteiger partial charge in [0.25, 0.3) is 17.5 Å². The summed E-state index contributed by atoms with van der Waals surface area (Å²) < 4.78 is 11.1. The number of benzene rings is 9. The van der Waals surface area contributed by atoms with Crippen LogP contribution in [0.5, 0.6) is 0 Å². The number of aliphatic imine (C=N–C) groups is 2. The highest BCUT2D eigenvalue weighted by Gasteiger charge is 2.70. The van der Waals surface area contributed by atoms with Crippen LogP contribution < -0.4 is 10.8 Å². The third kappa shape index (κ3) is 3.56. The molecular formula is C56H28BrN7+2. The van der Waals surface area contributed by atoms with Crippen molar-refractivity contribution >= 4 is 121 Å². The average molecular weight is 879 g/mol. The summed E-state index contributed by atoms with van der Waals surface area (Å²) in [5.74, 6) is 3.37. The van der Waals surface area contributed by atoms with Crippen molar-refractivity contribution in [1.29, 1.82) is 0 Å². The van der Waals surface area contributed by atoms with Gasteiger partial charge in [-0.2, -0.15) is 4.57 Å². The molecule has 1 unspecified atom stereocenters. The van der Waals surface area contributed by atoms with Gasteiger partial charge in [0.1, 0.15) is 0 Å². The highest BCUT2D eigenvalue weighted by atomic mass is 79.9. The minimum Gasteiger partial charge on any atom is -0.216 e. The van der Waals surface area contributed by atoms with Gasteiger partial charge in [0.2, 0.25) is 11.3 Å². The van der Waals surface area contributed by atoms with Crippen molar-refractivity contribution in [3.05, 3.63) is 213 Å². The highest BCUT2D eigenvalue weighted by Crippen LogP contribution is 2.54. The second-order valence-electron chi connectivity index (χ2n) is 17.8. The van der Waals surface area contributed by atoms with Gasteiger partial charge in [-0.15, -0.1) is 9.15 Å². The molecule has 6 aliphatic rings.